The molecule has 0 spiro atoms. The largest absolute Gasteiger partial charge is 0.251 e. The van der Waals surface area contributed by atoms with Crippen LogP contribution in [0, 0.1) is 11.6 Å². The molecule has 0 aliphatic carbocycles. The lowest BCUT2D eigenvalue weighted by molar-refractivity contribution is 0.462. The summed E-state index contributed by atoms with van der Waals surface area (Å²) in [6, 6.07) is 3.65. The lowest BCUT2D eigenvalue weighted by Crippen LogP contribution is -1.95. The van der Waals surface area contributed by atoms with Crippen LogP contribution >= 0.6 is 0 Å². The first-order valence-electron chi connectivity index (χ1n) is 3.74. The Hall–Kier alpha value is -0.990. The number of hydrogen-bond donors (Lipinski definition) is 0. The predicted molar refractivity (Wildman–Crippen MR) is 40.7 cm³/mol. The Kier molecular flexibility index (Phi) is 3.14. The molecule has 0 aromatic heterocycles. The monoisotopic (exact) mass is 174 g/mol. The maximum absolute atomic E-state index is 12.8. The van der Waals surface area contributed by atoms with Gasteiger partial charge in [-0.05, 0) is 25.0 Å². The van der Waals surface area contributed by atoms with Gasteiger partial charge in [-0.25, -0.2) is 8.78 Å². The lowest BCUT2D eigenvalue weighted by Gasteiger charge is -2.01. The molecule has 0 fully saturated rings. The van der Waals surface area contributed by atoms with Crippen LogP contribution < -0.4 is 0 Å². The van der Waals surface area contributed by atoms with Crippen LogP contribution in [0.1, 0.15) is 12.0 Å². The number of alkyl halides is 1. The molecule has 0 N–H and O–H groups in total. The molecule has 3 heteroatoms. The average molecular weight is 174 g/mol. The van der Waals surface area contributed by atoms with E-state index >= 15 is 0 Å². The Labute approximate surface area is 69.0 Å². The Morgan fingerprint density at radius 2 is 1.67 bits per heavy atom. The Balaban J connectivity index is 2.81. The van der Waals surface area contributed by atoms with Crippen molar-refractivity contribution >= 4 is 0 Å². The SMILES string of the molecule is FCCCc1c(F)cccc1F. The fourth-order valence-corrected chi connectivity index (χ4v) is 1.01. The molecule has 66 valence electrons. The summed E-state index contributed by atoms with van der Waals surface area (Å²) in [5.41, 5.74) is -0.0184. The molecule has 0 saturated heterocycles. The third-order valence-corrected chi connectivity index (χ3v) is 1.62. The first kappa shape index (κ1) is 9.10. The molecule has 0 radical (unpaired) electrons. The van der Waals surface area contributed by atoms with Crippen LogP contribution in [-0.2, 0) is 6.42 Å². The van der Waals surface area contributed by atoms with Crippen molar-refractivity contribution in [3.8, 4) is 0 Å². The topological polar surface area (TPSA) is 0 Å². The van der Waals surface area contributed by atoms with Gasteiger partial charge < -0.3 is 0 Å². The van der Waals surface area contributed by atoms with E-state index in [1.165, 1.54) is 18.2 Å². The highest BCUT2D eigenvalue weighted by atomic mass is 19.1. The third-order valence-electron chi connectivity index (χ3n) is 1.62. The van der Waals surface area contributed by atoms with E-state index in [4.69, 9.17) is 0 Å². The van der Waals surface area contributed by atoms with Crippen LogP contribution in [0.3, 0.4) is 0 Å². The molecule has 0 nitrogen and oxygen atoms in total. The van der Waals surface area contributed by atoms with Crippen molar-refractivity contribution in [3.63, 3.8) is 0 Å². The van der Waals surface area contributed by atoms with Gasteiger partial charge >= 0.3 is 0 Å². The van der Waals surface area contributed by atoms with Crippen LogP contribution in [0.25, 0.3) is 0 Å². The minimum atomic E-state index is -0.594. The maximum Gasteiger partial charge on any atom is 0.129 e. The van der Waals surface area contributed by atoms with Gasteiger partial charge in [0.05, 0.1) is 6.67 Å². The van der Waals surface area contributed by atoms with Gasteiger partial charge in [0.15, 0.2) is 0 Å². The van der Waals surface area contributed by atoms with Crippen LogP contribution in [0.15, 0.2) is 18.2 Å². The summed E-state index contributed by atoms with van der Waals surface area (Å²) in [6.45, 7) is -0.548. The summed E-state index contributed by atoms with van der Waals surface area (Å²) in [5, 5.41) is 0. The smallest absolute Gasteiger partial charge is 0.129 e. The molecule has 0 aliphatic rings. The van der Waals surface area contributed by atoms with Crippen molar-refractivity contribution in [1.82, 2.24) is 0 Å². The van der Waals surface area contributed by atoms with E-state index in [9.17, 15) is 13.2 Å². The van der Waals surface area contributed by atoms with Gasteiger partial charge in [0, 0.05) is 5.56 Å². The number of benzene rings is 1. The van der Waals surface area contributed by atoms with E-state index in [1.54, 1.807) is 0 Å². The zero-order valence-corrected chi connectivity index (χ0v) is 6.49. The van der Waals surface area contributed by atoms with Crippen molar-refractivity contribution in [2.45, 2.75) is 12.8 Å². The van der Waals surface area contributed by atoms with Gasteiger partial charge in [-0.2, -0.15) is 0 Å². The number of hydrogen-bond acceptors (Lipinski definition) is 0. The van der Waals surface area contributed by atoms with E-state index < -0.39 is 18.3 Å². The second kappa shape index (κ2) is 4.14. The zero-order chi connectivity index (χ0) is 8.97. The van der Waals surface area contributed by atoms with E-state index in [0.717, 1.165) is 0 Å². The van der Waals surface area contributed by atoms with Crippen molar-refractivity contribution in [2.75, 3.05) is 6.67 Å². The second-order valence-corrected chi connectivity index (χ2v) is 2.49. The van der Waals surface area contributed by atoms with E-state index in [-0.39, 0.29) is 18.4 Å². The lowest BCUT2D eigenvalue weighted by atomic mass is 10.1. The quantitative estimate of drug-likeness (QED) is 0.661. The molecule has 0 aliphatic heterocycles. The van der Waals surface area contributed by atoms with Crippen molar-refractivity contribution in [3.05, 3.63) is 35.4 Å². The molecule has 1 rings (SSSR count). The number of halogens is 3. The molecule has 0 heterocycles. The normalized spacial score (nSPS) is 10.2. The van der Waals surface area contributed by atoms with Crippen LogP contribution in [-0.4, -0.2) is 6.67 Å². The van der Waals surface area contributed by atoms with Crippen molar-refractivity contribution in [2.24, 2.45) is 0 Å². The first-order valence-corrected chi connectivity index (χ1v) is 3.74. The predicted octanol–water partition coefficient (Wildman–Crippen LogP) is 2.87. The summed E-state index contributed by atoms with van der Waals surface area (Å²) in [6.07, 6.45) is 0.285. The Morgan fingerprint density at radius 3 is 2.17 bits per heavy atom. The van der Waals surface area contributed by atoms with Gasteiger partial charge in [0.25, 0.3) is 0 Å². The molecular formula is C9H9F3. The highest BCUT2D eigenvalue weighted by molar-refractivity contribution is 5.19. The van der Waals surface area contributed by atoms with Gasteiger partial charge in [0.1, 0.15) is 11.6 Å². The summed E-state index contributed by atoms with van der Waals surface area (Å²) in [5.74, 6) is -1.19. The zero-order valence-electron chi connectivity index (χ0n) is 6.49. The van der Waals surface area contributed by atoms with Gasteiger partial charge in [0.2, 0.25) is 0 Å². The highest BCUT2D eigenvalue weighted by Gasteiger charge is 2.06. The molecule has 12 heavy (non-hydrogen) atoms. The summed E-state index contributed by atoms with van der Waals surface area (Å²) >= 11 is 0. The fraction of sp³-hybridized carbons (Fsp3) is 0.333. The standard InChI is InChI=1S/C9H9F3/c10-6-2-3-7-8(11)4-1-5-9(7)12/h1,4-5H,2-3,6H2. The molecule has 0 unspecified atom stereocenters. The molecule has 0 atom stereocenters. The minimum Gasteiger partial charge on any atom is -0.251 e. The van der Waals surface area contributed by atoms with E-state index in [1.807, 2.05) is 0 Å². The molecule has 1 aromatic carbocycles. The average Bonchev–Trinajstić information content (AvgIpc) is 2.04. The van der Waals surface area contributed by atoms with Gasteiger partial charge in [-0.3, -0.25) is 4.39 Å². The fourth-order valence-electron chi connectivity index (χ4n) is 1.01. The Bertz CT molecular complexity index is 238. The first-order chi connectivity index (χ1) is 5.75. The van der Waals surface area contributed by atoms with Crippen LogP contribution in [0.5, 0.6) is 0 Å². The molecule has 0 amide bonds. The van der Waals surface area contributed by atoms with Gasteiger partial charge in [-0.1, -0.05) is 6.07 Å². The van der Waals surface area contributed by atoms with Crippen LogP contribution in [0.4, 0.5) is 13.2 Å². The van der Waals surface area contributed by atoms with Crippen molar-refractivity contribution in [1.29, 1.82) is 0 Å². The molecular weight excluding hydrogens is 165 g/mol. The third kappa shape index (κ3) is 2.00. The summed E-state index contributed by atoms with van der Waals surface area (Å²) in [4.78, 5) is 0. The number of rotatable bonds is 3. The minimum absolute atomic E-state index is 0.0184. The molecule has 1 aromatic rings. The van der Waals surface area contributed by atoms with E-state index in [0.29, 0.717) is 0 Å². The van der Waals surface area contributed by atoms with E-state index in [2.05, 4.69) is 0 Å². The highest BCUT2D eigenvalue weighted by Crippen LogP contribution is 2.13. The summed E-state index contributed by atoms with van der Waals surface area (Å²) in [7, 11) is 0. The molecule has 0 bridgehead atoms. The molecule has 0 saturated carbocycles. The summed E-state index contributed by atoms with van der Waals surface area (Å²) < 4.78 is 37.3. The van der Waals surface area contributed by atoms with Gasteiger partial charge in [-0.15, -0.1) is 0 Å². The Morgan fingerprint density at radius 1 is 1.08 bits per heavy atom. The maximum atomic E-state index is 12.8. The second-order valence-electron chi connectivity index (χ2n) is 2.49. The van der Waals surface area contributed by atoms with Crippen LogP contribution in [0.2, 0.25) is 0 Å². The van der Waals surface area contributed by atoms with Crippen molar-refractivity contribution < 1.29 is 13.2 Å².